The first-order chi connectivity index (χ1) is 12.1. The summed E-state index contributed by atoms with van der Waals surface area (Å²) in [6, 6.07) is 7.24. The van der Waals surface area contributed by atoms with Crippen molar-refractivity contribution in [3.8, 4) is 0 Å². The molecule has 1 aliphatic heterocycles. The summed E-state index contributed by atoms with van der Waals surface area (Å²) >= 11 is 0. The van der Waals surface area contributed by atoms with Crippen molar-refractivity contribution in [3.05, 3.63) is 41.8 Å². The van der Waals surface area contributed by atoms with E-state index in [0.717, 1.165) is 18.5 Å². The molecule has 1 aromatic heterocycles. The maximum atomic E-state index is 13.1. The molecule has 0 bridgehead atoms. The molecule has 0 unspecified atom stereocenters. The van der Waals surface area contributed by atoms with Gasteiger partial charge in [-0.3, -0.25) is 4.79 Å². The van der Waals surface area contributed by atoms with Gasteiger partial charge in [0.2, 0.25) is 12.2 Å². The molecule has 0 amide bonds. The van der Waals surface area contributed by atoms with Crippen molar-refractivity contribution in [2.45, 2.75) is 38.3 Å². The lowest BCUT2D eigenvalue weighted by molar-refractivity contribution is 0.196. The Morgan fingerprint density at radius 3 is 2.80 bits per heavy atom. The topological polar surface area (TPSA) is 78.3 Å². The average molecular weight is 343 g/mol. The van der Waals surface area contributed by atoms with Crippen LogP contribution in [-0.2, 0) is 11.2 Å². The third-order valence-corrected chi connectivity index (χ3v) is 4.08. The maximum absolute atomic E-state index is 13.1. The van der Waals surface area contributed by atoms with E-state index in [9.17, 15) is 14.3 Å². The van der Waals surface area contributed by atoms with E-state index in [2.05, 4.69) is 22.2 Å². The molecule has 2 aromatic rings. The van der Waals surface area contributed by atoms with Crippen LogP contribution in [-0.4, -0.2) is 40.1 Å². The number of nitrogens with one attached hydrogen (secondary N) is 1. The van der Waals surface area contributed by atoms with Gasteiger partial charge in [-0.1, -0.05) is 13.3 Å². The molecule has 6 nitrogen and oxygen atoms in total. The average Bonchev–Trinajstić information content (AvgIpc) is 2.98. The molecule has 3 rings (SSSR count). The molecule has 131 valence electrons. The van der Waals surface area contributed by atoms with Gasteiger partial charge in [0.25, 0.3) is 0 Å². The Kier molecular flexibility index (Phi) is 5.23. The molecule has 2 N–H and O–H groups in total. The number of aliphatic hydroxyl groups excluding tert-OH is 1. The van der Waals surface area contributed by atoms with Crippen LogP contribution in [0.25, 0.3) is 0 Å². The molecule has 1 aromatic carbocycles. The summed E-state index contributed by atoms with van der Waals surface area (Å²) in [6.07, 6.45) is 3.41. The molecule has 0 saturated carbocycles. The van der Waals surface area contributed by atoms with Gasteiger partial charge in [0, 0.05) is 30.4 Å². The molecule has 1 saturated heterocycles. The predicted molar refractivity (Wildman–Crippen MR) is 93.2 cm³/mol. The summed E-state index contributed by atoms with van der Waals surface area (Å²) < 4.78 is 13.1. The molecule has 0 spiro atoms. The van der Waals surface area contributed by atoms with Crippen LogP contribution in [0.4, 0.5) is 21.8 Å². The van der Waals surface area contributed by atoms with Crippen molar-refractivity contribution in [1.82, 2.24) is 9.97 Å². The first-order valence-corrected chi connectivity index (χ1v) is 8.32. The third kappa shape index (κ3) is 4.11. The van der Waals surface area contributed by atoms with Crippen molar-refractivity contribution >= 4 is 23.7 Å². The molecule has 0 aliphatic carbocycles. The van der Waals surface area contributed by atoms with Gasteiger partial charge in [-0.15, -0.1) is 0 Å². The molecule has 1 fully saturated rings. The zero-order valence-electron chi connectivity index (χ0n) is 13.9. The number of hydrogen-bond acceptors (Lipinski definition) is 6. The number of aromatic nitrogens is 2. The smallest absolute Gasteiger partial charge is 0.229 e. The lowest BCUT2D eigenvalue weighted by atomic mass is 10.2. The Labute approximate surface area is 145 Å². The van der Waals surface area contributed by atoms with E-state index in [-0.39, 0.29) is 5.82 Å². The number of hydrogen-bond donors (Lipinski definition) is 2. The van der Waals surface area contributed by atoms with E-state index < -0.39 is 12.1 Å². The van der Waals surface area contributed by atoms with E-state index in [1.54, 1.807) is 17.0 Å². The van der Waals surface area contributed by atoms with Gasteiger partial charge in [0.15, 0.2) is 0 Å². The van der Waals surface area contributed by atoms with Gasteiger partial charge in [0.1, 0.15) is 11.6 Å². The molecule has 2 heterocycles. The Hall–Kier alpha value is -2.54. The number of rotatable bonds is 6. The number of halogens is 1. The van der Waals surface area contributed by atoms with Gasteiger partial charge in [-0.25, -0.2) is 9.37 Å². The van der Waals surface area contributed by atoms with Crippen molar-refractivity contribution < 1.29 is 14.3 Å². The highest BCUT2D eigenvalue weighted by Gasteiger charge is 2.32. The first kappa shape index (κ1) is 17.3. The third-order valence-electron chi connectivity index (χ3n) is 4.08. The standard InChI is InChI=1S/C18H20FN4O2/c1-2-3-14-8-17(23-10-16(25)9-15(23)11-24)22-18(21-14)20-13-6-4-12(19)5-7-13/h4-8,15-16,25H,2-3,9-10H2,1H3,(H,20,21,22)/t15-,16+/m0/s1. The van der Waals surface area contributed by atoms with Crippen LogP contribution < -0.4 is 10.2 Å². The fraction of sp³-hybridized carbons (Fsp3) is 0.389. The highest BCUT2D eigenvalue weighted by molar-refractivity contribution is 5.68. The molecular formula is C18H20FN4O2. The van der Waals surface area contributed by atoms with Crippen molar-refractivity contribution in [3.63, 3.8) is 0 Å². The van der Waals surface area contributed by atoms with E-state index >= 15 is 0 Å². The molecule has 1 aliphatic rings. The zero-order chi connectivity index (χ0) is 17.8. The second kappa shape index (κ2) is 7.57. The van der Waals surface area contributed by atoms with Crippen molar-refractivity contribution in [2.75, 3.05) is 16.8 Å². The molecular weight excluding hydrogens is 323 g/mol. The number of benzene rings is 1. The van der Waals surface area contributed by atoms with Crippen molar-refractivity contribution in [2.24, 2.45) is 0 Å². The Morgan fingerprint density at radius 1 is 1.36 bits per heavy atom. The Morgan fingerprint density at radius 2 is 2.12 bits per heavy atom. The number of aryl methyl sites for hydroxylation is 1. The normalized spacial score (nSPS) is 19.9. The van der Waals surface area contributed by atoms with Crippen LogP contribution in [0.15, 0.2) is 30.3 Å². The van der Waals surface area contributed by atoms with Gasteiger partial charge in [-0.2, -0.15) is 4.98 Å². The van der Waals surface area contributed by atoms with Crippen LogP contribution in [0.3, 0.4) is 0 Å². The molecule has 7 heteroatoms. The zero-order valence-corrected chi connectivity index (χ0v) is 13.9. The number of nitrogens with zero attached hydrogens (tertiary/aromatic N) is 3. The summed E-state index contributed by atoms with van der Waals surface area (Å²) in [4.78, 5) is 21.9. The minimum atomic E-state index is -0.579. The fourth-order valence-electron chi connectivity index (χ4n) is 2.91. The monoisotopic (exact) mass is 343 g/mol. The molecule has 1 radical (unpaired) electrons. The SMILES string of the molecule is CCCc1cc(N2C[C@H](O)C[C@H]2[C]=O)nc(Nc2ccc(F)cc2)n1. The lowest BCUT2D eigenvalue weighted by Crippen LogP contribution is -2.31. The number of carbonyl (C=O) groups excluding carboxylic acids is 1. The number of anilines is 3. The minimum absolute atomic E-state index is 0.317. The van der Waals surface area contributed by atoms with Crippen molar-refractivity contribution in [1.29, 1.82) is 0 Å². The fourth-order valence-corrected chi connectivity index (χ4v) is 2.91. The largest absolute Gasteiger partial charge is 0.391 e. The number of aliphatic hydroxyl groups is 1. The highest BCUT2D eigenvalue weighted by Crippen LogP contribution is 2.26. The van der Waals surface area contributed by atoms with Crippen LogP contribution in [0.1, 0.15) is 25.5 Å². The summed E-state index contributed by atoms with van der Waals surface area (Å²) in [5.41, 5.74) is 1.50. The van der Waals surface area contributed by atoms with E-state index in [1.165, 1.54) is 12.1 Å². The highest BCUT2D eigenvalue weighted by atomic mass is 19.1. The van der Waals surface area contributed by atoms with E-state index in [0.29, 0.717) is 30.4 Å². The van der Waals surface area contributed by atoms with Gasteiger partial charge >= 0.3 is 0 Å². The molecule has 25 heavy (non-hydrogen) atoms. The van der Waals surface area contributed by atoms with Crippen LogP contribution in [0, 0.1) is 5.82 Å². The Balaban J connectivity index is 1.91. The van der Waals surface area contributed by atoms with Crippen LogP contribution in [0.2, 0.25) is 0 Å². The van der Waals surface area contributed by atoms with Gasteiger partial charge < -0.3 is 15.3 Å². The Bertz CT molecular complexity index is 738. The summed E-state index contributed by atoms with van der Waals surface area (Å²) in [6.45, 7) is 2.38. The minimum Gasteiger partial charge on any atom is -0.391 e. The quantitative estimate of drug-likeness (QED) is 0.838. The summed E-state index contributed by atoms with van der Waals surface area (Å²) in [7, 11) is 0. The van der Waals surface area contributed by atoms with Crippen LogP contribution >= 0.6 is 0 Å². The number of β-amino-alcohol motifs (C(OH)–C–C–N with tert-alkyl or cyclic N) is 1. The van der Waals surface area contributed by atoms with Gasteiger partial charge in [-0.05, 0) is 30.7 Å². The molecule has 2 atom stereocenters. The van der Waals surface area contributed by atoms with E-state index in [4.69, 9.17) is 0 Å². The maximum Gasteiger partial charge on any atom is 0.229 e. The van der Waals surface area contributed by atoms with Crippen LogP contribution in [0.5, 0.6) is 0 Å². The first-order valence-electron chi connectivity index (χ1n) is 8.32. The van der Waals surface area contributed by atoms with Gasteiger partial charge in [0.05, 0.1) is 12.1 Å². The summed E-state index contributed by atoms with van der Waals surface area (Å²) in [5, 5.41) is 12.9. The lowest BCUT2D eigenvalue weighted by Gasteiger charge is -2.22. The summed E-state index contributed by atoms with van der Waals surface area (Å²) in [5.74, 6) is 0.633. The van der Waals surface area contributed by atoms with E-state index in [1.807, 2.05) is 12.4 Å². The second-order valence-corrected chi connectivity index (χ2v) is 6.10. The second-order valence-electron chi connectivity index (χ2n) is 6.10. The predicted octanol–water partition coefficient (Wildman–Crippen LogP) is 2.36.